The topological polar surface area (TPSA) is 48.8 Å². The first-order chi connectivity index (χ1) is 6.36. The quantitative estimate of drug-likeness (QED) is 0.417. The Hall–Kier alpha value is -1.84. The highest BCUT2D eigenvalue weighted by Crippen LogP contribution is 2.13. The Labute approximate surface area is 77.4 Å². The lowest BCUT2D eigenvalue weighted by molar-refractivity contribution is 1.36. The Balaban J connectivity index is 2.72. The summed E-state index contributed by atoms with van der Waals surface area (Å²) in [5, 5.41) is 6.57. The first-order valence-electron chi connectivity index (χ1n) is 3.86. The van der Waals surface area contributed by atoms with Crippen molar-refractivity contribution in [3.05, 3.63) is 24.3 Å². The van der Waals surface area contributed by atoms with E-state index in [1.54, 1.807) is 13.4 Å². The zero-order chi connectivity index (χ0) is 9.52. The van der Waals surface area contributed by atoms with Crippen LogP contribution in [0.5, 0.6) is 0 Å². The smallest absolute Gasteiger partial charge is 0.0864 e. The molecule has 0 amide bonds. The molecule has 4 heteroatoms. The lowest BCUT2D eigenvalue weighted by atomic mass is 10.3. The number of hydrazone groups is 1. The average Bonchev–Trinajstić information content (AvgIpc) is 2.16. The molecule has 0 fully saturated rings. The van der Waals surface area contributed by atoms with Gasteiger partial charge in [-0.25, -0.2) is 0 Å². The number of hydrogen-bond donors (Lipinski definition) is 2. The molecule has 0 aliphatic carbocycles. The molecule has 2 N–H and O–H groups in total. The average molecular weight is 176 g/mol. The van der Waals surface area contributed by atoms with Gasteiger partial charge in [0.25, 0.3) is 0 Å². The molecule has 0 heterocycles. The van der Waals surface area contributed by atoms with Gasteiger partial charge in [-0.2, -0.15) is 5.10 Å². The van der Waals surface area contributed by atoms with Crippen molar-refractivity contribution >= 4 is 24.4 Å². The summed E-state index contributed by atoms with van der Waals surface area (Å²) < 4.78 is 0. The van der Waals surface area contributed by atoms with Crippen molar-refractivity contribution in [3.8, 4) is 0 Å². The summed E-state index contributed by atoms with van der Waals surface area (Å²) in [5.41, 5.74) is 4.60. The number of nitrogens with zero attached hydrogens (tertiary/aromatic N) is 2. The van der Waals surface area contributed by atoms with Gasteiger partial charge in [0.2, 0.25) is 0 Å². The van der Waals surface area contributed by atoms with E-state index in [-0.39, 0.29) is 0 Å². The standard InChI is InChI=1S/C9H12N4/c1-10-7-12-8-4-3-5-9(6-8)13-11-2/h3-7,13H,2H2,1H3,(H,10,12). The van der Waals surface area contributed by atoms with E-state index >= 15 is 0 Å². The van der Waals surface area contributed by atoms with E-state index in [2.05, 4.69) is 27.6 Å². The van der Waals surface area contributed by atoms with Gasteiger partial charge >= 0.3 is 0 Å². The highest BCUT2D eigenvalue weighted by atomic mass is 15.3. The van der Waals surface area contributed by atoms with Crippen LogP contribution in [0.1, 0.15) is 0 Å². The van der Waals surface area contributed by atoms with Crippen molar-refractivity contribution in [2.24, 2.45) is 10.1 Å². The van der Waals surface area contributed by atoms with Crippen LogP contribution in [-0.2, 0) is 0 Å². The summed E-state index contributed by atoms with van der Waals surface area (Å²) in [6, 6.07) is 7.68. The Bertz CT molecular complexity index is 306. The molecule has 0 aliphatic rings. The maximum Gasteiger partial charge on any atom is 0.0864 e. The molecule has 0 aliphatic heterocycles. The molecule has 0 saturated heterocycles. The van der Waals surface area contributed by atoms with Gasteiger partial charge < -0.3 is 5.32 Å². The zero-order valence-electron chi connectivity index (χ0n) is 7.49. The summed E-state index contributed by atoms with van der Waals surface area (Å²) >= 11 is 0. The molecule has 1 aromatic rings. The third-order valence-electron chi connectivity index (χ3n) is 1.43. The molecule has 0 atom stereocenters. The Morgan fingerprint density at radius 2 is 2.15 bits per heavy atom. The molecular formula is C9H12N4. The predicted octanol–water partition coefficient (Wildman–Crippen LogP) is 1.78. The Morgan fingerprint density at radius 3 is 2.85 bits per heavy atom. The van der Waals surface area contributed by atoms with Crippen molar-refractivity contribution in [3.63, 3.8) is 0 Å². The Morgan fingerprint density at radius 1 is 1.38 bits per heavy atom. The summed E-state index contributed by atoms with van der Waals surface area (Å²) in [6.45, 7) is 3.34. The van der Waals surface area contributed by atoms with Crippen LogP contribution in [-0.4, -0.2) is 20.1 Å². The van der Waals surface area contributed by atoms with E-state index in [0.29, 0.717) is 0 Å². The van der Waals surface area contributed by atoms with Gasteiger partial charge in [-0.05, 0) is 18.2 Å². The molecule has 0 saturated carbocycles. The zero-order valence-corrected chi connectivity index (χ0v) is 7.49. The van der Waals surface area contributed by atoms with Gasteiger partial charge in [-0.15, -0.1) is 0 Å². The van der Waals surface area contributed by atoms with Crippen LogP contribution in [0.2, 0.25) is 0 Å². The SMILES string of the molecule is C=NNc1cccc(NC=NC)c1. The minimum Gasteiger partial charge on any atom is -0.347 e. The minimum atomic E-state index is 0.893. The van der Waals surface area contributed by atoms with Crippen LogP contribution in [0.15, 0.2) is 34.4 Å². The molecule has 1 aromatic carbocycles. The lowest BCUT2D eigenvalue weighted by Crippen LogP contribution is -1.95. The molecule has 13 heavy (non-hydrogen) atoms. The van der Waals surface area contributed by atoms with Gasteiger partial charge in [0.05, 0.1) is 12.0 Å². The van der Waals surface area contributed by atoms with Crippen molar-refractivity contribution in [2.45, 2.75) is 0 Å². The van der Waals surface area contributed by atoms with Crippen molar-refractivity contribution in [2.75, 3.05) is 17.8 Å². The molecular weight excluding hydrogens is 164 g/mol. The van der Waals surface area contributed by atoms with Gasteiger partial charge in [0, 0.05) is 19.5 Å². The monoisotopic (exact) mass is 176 g/mol. The number of rotatable bonds is 4. The second-order valence-corrected chi connectivity index (χ2v) is 2.38. The highest BCUT2D eigenvalue weighted by molar-refractivity contribution is 5.76. The van der Waals surface area contributed by atoms with Crippen molar-refractivity contribution < 1.29 is 0 Å². The van der Waals surface area contributed by atoms with Crippen molar-refractivity contribution in [1.29, 1.82) is 0 Å². The van der Waals surface area contributed by atoms with E-state index in [1.807, 2.05) is 24.3 Å². The predicted molar refractivity (Wildman–Crippen MR) is 57.7 cm³/mol. The van der Waals surface area contributed by atoms with E-state index < -0.39 is 0 Å². The number of anilines is 2. The summed E-state index contributed by atoms with van der Waals surface area (Å²) in [5.74, 6) is 0. The molecule has 0 radical (unpaired) electrons. The largest absolute Gasteiger partial charge is 0.347 e. The fraction of sp³-hybridized carbons (Fsp3) is 0.111. The minimum absolute atomic E-state index is 0.893. The van der Waals surface area contributed by atoms with E-state index in [9.17, 15) is 0 Å². The maximum atomic E-state index is 3.81. The summed E-state index contributed by atoms with van der Waals surface area (Å²) in [4.78, 5) is 3.81. The van der Waals surface area contributed by atoms with Crippen LogP contribution < -0.4 is 10.7 Å². The molecule has 0 unspecified atom stereocenters. The number of nitrogens with one attached hydrogen (secondary N) is 2. The van der Waals surface area contributed by atoms with Gasteiger partial charge in [-0.3, -0.25) is 10.4 Å². The van der Waals surface area contributed by atoms with Crippen LogP contribution in [0.4, 0.5) is 11.4 Å². The third kappa shape index (κ3) is 2.94. The van der Waals surface area contributed by atoms with Crippen LogP contribution in [0.3, 0.4) is 0 Å². The highest BCUT2D eigenvalue weighted by Gasteiger charge is 1.91. The van der Waals surface area contributed by atoms with Gasteiger partial charge in [-0.1, -0.05) is 6.07 Å². The van der Waals surface area contributed by atoms with E-state index in [1.165, 1.54) is 0 Å². The second-order valence-electron chi connectivity index (χ2n) is 2.38. The normalized spacial score (nSPS) is 9.92. The lowest BCUT2D eigenvalue weighted by Gasteiger charge is -2.02. The second kappa shape index (κ2) is 4.92. The summed E-state index contributed by atoms with van der Waals surface area (Å²) in [6.07, 6.45) is 1.63. The summed E-state index contributed by atoms with van der Waals surface area (Å²) in [7, 11) is 1.71. The van der Waals surface area contributed by atoms with E-state index in [0.717, 1.165) is 11.4 Å². The van der Waals surface area contributed by atoms with Crippen LogP contribution in [0, 0.1) is 0 Å². The maximum absolute atomic E-state index is 3.81. The molecule has 0 spiro atoms. The van der Waals surface area contributed by atoms with Gasteiger partial charge in [0.1, 0.15) is 0 Å². The third-order valence-corrected chi connectivity index (χ3v) is 1.43. The van der Waals surface area contributed by atoms with Gasteiger partial charge in [0.15, 0.2) is 0 Å². The number of hydrogen-bond acceptors (Lipinski definition) is 3. The fourth-order valence-corrected chi connectivity index (χ4v) is 0.909. The molecule has 4 nitrogen and oxygen atoms in total. The van der Waals surface area contributed by atoms with E-state index in [4.69, 9.17) is 0 Å². The van der Waals surface area contributed by atoms with Crippen LogP contribution in [0.25, 0.3) is 0 Å². The molecule has 68 valence electrons. The molecule has 1 rings (SSSR count). The number of benzene rings is 1. The van der Waals surface area contributed by atoms with Crippen molar-refractivity contribution in [1.82, 2.24) is 0 Å². The number of aliphatic imine (C=N–C) groups is 1. The fourth-order valence-electron chi connectivity index (χ4n) is 0.909. The molecule has 0 aromatic heterocycles. The Kier molecular flexibility index (Phi) is 3.50. The van der Waals surface area contributed by atoms with Crippen LogP contribution >= 0.6 is 0 Å². The molecule has 0 bridgehead atoms. The first kappa shape index (κ1) is 9.25. The first-order valence-corrected chi connectivity index (χ1v) is 3.86.